The minimum atomic E-state index is -0.501. The molecule has 0 radical (unpaired) electrons. The molecule has 1 aliphatic heterocycles. The second-order valence-corrected chi connectivity index (χ2v) is 7.78. The first-order chi connectivity index (χ1) is 15.7. The number of aromatic nitrogens is 1. The lowest BCUT2D eigenvalue weighted by Crippen LogP contribution is -2.34. The molecule has 4 N–H and O–H groups in total. The van der Waals surface area contributed by atoms with E-state index in [0.717, 1.165) is 36.2 Å². The molecule has 0 bridgehead atoms. The molecule has 1 saturated heterocycles. The molecule has 32 heavy (non-hydrogen) atoms. The van der Waals surface area contributed by atoms with Crippen LogP contribution in [-0.2, 0) is 11.2 Å². The minimum absolute atomic E-state index is 0.152. The fourth-order valence-electron chi connectivity index (χ4n) is 3.73. The standard InChI is InChI=1S/C25H26N6O/c26-14-19-8-6-18(7-9-19)12-13-27-24(20-4-2-1-3-5-20)25(32)31-23-11-10-21(15-28-23)22-16-29-30-17-22/h1-11,15,22,24,27,29-30H,12-13,16-17H2,(H,28,31,32)/t24-/m1/s1. The zero-order chi connectivity index (χ0) is 22.2. The maximum absolute atomic E-state index is 13.1. The van der Waals surface area contributed by atoms with Crippen LogP contribution < -0.4 is 21.5 Å². The second kappa shape index (κ2) is 10.6. The molecule has 0 aliphatic carbocycles. The summed E-state index contributed by atoms with van der Waals surface area (Å²) in [5.41, 5.74) is 10.0. The molecule has 3 aromatic rings. The molecule has 1 aliphatic rings. The van der Waals surface area contributed by atoms with E-state index in [4.69, 9.17) is 5.26 Å². The Bertz CT molecular complexity index is 1050. The molecule has 0 saturated carbocycles. The number of hydrogen-bond acceptors (Lipinski definition) is 6. The van der Waals surface area contributed by atoms with Gasteiger partial charge >= 0.3 is 0 Å². The van der Waals surface area contributed by atoms with Crippen LogP contribution in [0.2, 0.25) is 0 Å². The Labute approximate surface area is 187 Å². The van der Waals surface area contributed by atoms with Gasteiger partial charge in [0.15, 0.2) is 0 Å². The van der Waals surface area contributed by atoms with Gasteiger partial charge in [-0.3, -0.25) is 15.6 Å². The molecule has 1 amide bonds. The van der Waals surface area contributed by atoms with Crippen LogP contribution in [0.5, 0.6) is 0 Å². The van der Waals surface area contributed by atoms with Gasteiger partial charge in [-0.2, -0.15) is 5.26 Å². The van der Waals surface area contributed by atoms with Crippen molar-refractivity contribution in [3.05, 3.63) is 95.2 Å². The van der Waals surface area contributed by atoms with Crippen molar-refractivity contribution in [2.24, 2.45) is 0 Å². The highest BCUT2D eigenvalue weighted by Gasteiger charge is 2.21. The largest absolute Gasteiger partial charge is 0.309 e. The Morgan fingerprint density at radius 3 is 2.47 bits per heavy atom. The number of pyridine rings is 1. The van der Waals surface area contributed by atoms with E-state index in [1.54, 1.807) is 0 Å². The topological polar surface area (TPSA) is 102 Å². The number of rotatable bonds is 8. The maximum Gasteiger partial charge on any atom is 0.247 e. The van der Waals surface area contributed by atoms with Gasteiger partial charge in [-0.1, -0.05) is 48.5 Å². The molecular weight excluding hydrogens is 400 g/mol. The summed E-state index contributed by atoms with van der Waals surface area (Å²) in [5, 5.41) is 15.2. The average molecular weight is 427 g/mol. The molecular formula is C25H26N6O. The van der Waals surface area contributed by atoms with Crippen molar-refractivity contribution in [3.63, 3.8) is 0 Å². The number of hydrogen-bond donors (Lipinski definition) is 4. The molecule has 162 valence electrons. The fraction of sp³-hybridized carbons (Fsp3) is 0.240. The number of carbonyl (C=O) groups is 1. The Morgan fingerprint density at radius 1 is 1.06 bits per heavy atom. The Hall–Kier alpha value is -3.57. The summed E-state index contributed by atoms with van der Waals surface area (Å²) in [6.07, 6.45) is 2.57. The molecule has 1 fully saturated rings. The smallest absolute Gasteiger partial charge is 0.247 e. The lowest BCUT2D eigenvalue weighted by atomic mass is 10.0. The molecule has 7 heteroatoms. The van der Waals surface area contributed by atoms with Gasteiger partial charge in [0.2, 0.25) is 5.91 Å². The number of benzene rings is 2. The van der Waals surface area contributed by atoms with Crippen LogP contribution in [0, 0.1) is 11.3 Å². The highest BCUT2D eigenvalue weighted by molar-refractivity contribution is 5.94. The monoisotopic (exact) mass is 426 g/mol. The van der Waals surface area contributed by atoms with Crippen molar-refractivity contribution < 1.29 is 4.79 Å². The third-order valence-corrected chi connectivity index (χ3v) is 5.57. The fourth-order valence-corrected chi connectivity index (χ4v) is 3.73. The summed E-state index contributed by atoms with van der Waals surface area (Å²) in [6, 6.07) is 22.7. The summed E-state index contributed by atoms with van der Waals surface area (Å²) in [6.45, 7) is 2.35. The highest BCUT2D eigenvalue weighted by Crippen LogP contribution is 2.19. The molecule has 1 atom stereocenters. The van der Waals surface area contributed by atoms with Crippen LogP contribution in [0.4, 0.5) is 5.82 Å². The first kappa shape index (κ1) is 21.7. The van der Waals surface area contributed by atoms with Gasteiger partial charge in [0, 0.05) is 31.7 Å². The minimum Gasteiger partial charge on any atom is -0.309 e. The van der Waals surface area contributed by atoms with Crippen molar-refractivity contribution in [2.45, 2.75) is 18.4 Å². The quantitative estimate of drug-likeness (QED) is 0.442. The van der Waals surface area contributed by atoms with E-state index in [-0.39, 0.29) is 5.91 Å². The van der Waals surface area contributed by atoms with Gasteiger partial charge in [0.25, 0.3) is 0 Å². The van der Waals surface area contributed by atoms with Crippen molar-refractivity contribution in [2.75, 3.05) is 25.0 Å². The Morgan fingerprint density at radius 2 is 1.81 bits per heavy atom. The first-order valence-corrected chi connectivity index (χ1v) is 10.7. The summed E-state index contributed by atoms with van der Waals surface area (Å²) >= 11 is 0. The molecule has 7 nitrogen and oxygen atoms in total. The summed E-state index contributed by atoms with van der Waals surface area (Å²) < 4.78 is 0. The van der Waals surface area contributed by atoms with E-state index in [1.165, 1.54) is 0 Å². The predicted molar refractivity (Wildman–Crippen MR) is 124 cm³/mol. The van der Waals surface area contributed by atoms with Crippen LogP contribution in [-0.4, -0.2) is 30.5 Å². The van der Waals surface area contributed by atoms with Gasteiger partial charge < -0.3 is 10.6 Å². The number of nitrogens with zero attached hydrogens (tertiary/aromatic N) is 2. The molecule has 1 aromatic heterocycles. The summed E-state index contributed by atoms with van der Waals surface area (Å²) in [7, 11) is 0. The normalized spacial score (nSPS) is 14.6. The van der Waals surface area contributed by atoms with E-state index in [1.807, 2.05) is 72.9 Å². The van der Waals surface area contributed by atoms with Crippen molar-refractivity contribution in [3.8, 4) is 6.07 Å². The van der Waals surface area contributed by atoms with E-state index in [0.29, 0.717) is 23.8 Å². The van der Waals surface area contributed by atoms with Crippen LogP contribution in [0.1, 0.15) is 34.2 Å². The van der Waals surface area contributed by atoms with Crippen molar-refractivity contribution >= 4 is 11.7 Å². The van der Waals surface area contributed by atoms with E-state index < -0.39 is 6.04 Å². The van der Waals surface area contributed by atoms with Crippen LogP contribution in [0.25, 0.3) is 0 Å². The van der Waals surface area contributed by atoms with Gasteiger partial charge in [0.05, 0.1) is 11.6 Å². The zero-order valence-corrected chi connectivity index (χ0v) is 17.7. The number of nitrogens with one attached hydrogen (secondary N) is 4. The second-order valence-electron chi connectivity index (χ2n) is 7.78. The molecule has 2 aromatic carbocycles. The number of carbonyl (C=O) groups excluding carboxylic acids is 1. The Balaban J connectivity index is 1.40. The molecule has 4 rings (SSSR count). The van der Waals surface area contributed by atoms with E-state index in [2.05, 4.69) is 32.5 Å². The Kier molecular flexibility index (Phi) is 7.20. The summed E-state index contributed by atoms with van der Waals surface area (Å²) in [4.78, 5) is 17.6. The average Bonchev–Trinajstić information content (AvgIpc) is 3.38. The lowest BCUT2D eigenvalue weighted by molar-refractivity contribution is -0.118. The van der Waals surface area contributed by atoms with Gasteiger partial charge in [-0.15, -0.1) is 0 Å². The number of anilines is 1. The van der Waals surface area contributed by atoms with Crippen molar-refractivity contribution in [1.82, 2.24) is 21.2 Å². The van der Waals surface area contributed by atoms with E-state index in [9.17, 15) is 4.79 Å². The third-order valence-electron chi connectivity index (χ3n) is 5.57. The summed E-state index contributed by atoms with van der Waals surface area (Å²) in [5.74, 6) is 0.765. The first-order valence-electron chi connectivity index (χ1n) is 10.7. The molecule has 2 heterocycles. The lowest BCUT2D eigenvalue weighted by Gasteiger charge is -2.19. The number of amides is 1. The SMILES string of the molecule is N#Cc1ccc(CCN[C@@H](C(=O)Nc2ccc(C3CNNC3)cn2)c2ccccc2)cc1. The van der Waals surface area contributed by atoms with Crippen LogP contribution >= 0.6 is 0 Å². The van der Waals surface area contributed by atoms with Crippen LogP contribution in [0.15, 0.2) is 72.9 Å². The van der Waals surface area contributed by atoms with Crippen molar-refractivity contribution in [1.29, 1.82) is 5.26 Å². The maximum atomic E-state index is 13.1. The molecule has 0 spiro atoms. The van der Waals surface area contributed by atoms with Gasteiger partial charge in [-0.05, 0) is 41.3 Å². The predicted octanol–water partition coefficient (Wildman–Crippen LogP) is 2.66. The zero-order valence-electron chi connectivity index (χ0n) is 17.7. The van der Waals surface area contributed by atoms with Gasteiger partial charge in [0.1, 0.15) is 11.9 Å². The number of nitriles is 1. The number of hydrazine groups is 1. The van der Waals surface area contributed by atoms with E-state index >= 15 is 0 Å². The van der Waals surface area contributed by atoms with Gasteiger partial charge in [-0.25, -0.2) is 4.98 Å². The van der Waals surface area contributed by atoms with Crippen LogP contribution in [0.3, 0.4) is 0 Å². The highest BCUT2D eigenvalue weighted by atomic mass is 16.2. The third kappa shape index (κ3) is 5.56. The molecule has 0 unspecified atom stereocenters.